The van der Waals surface area contributed by atoms with Crippen LogP contribution >= 0.6 is 23.5 Å². The monoisotopic (exact) mass is 172 g/mol. The zero-order chi connectivity index (χ0) is 6.55. The van der Waals surface area contributed by atoms with E-state index in [2.05, 4.69) is 23.5 Å². The van der Waals surface area contributed by atoms with E-state index < -0.39 is 0 Å². The van der Waals surface area contributed by atoms with Crippen LogP contribution in [0, 0.1) is 11.8 Å². The molecule has 0 atom stereocenters. The molecule has 3 aliphatic rings. The number of fused-ring (bicyclic) bond motifs is 4. The maximum atomic E-state index is 2.26. The fraction of sp³-hybridized carbons (Fsp3) is 1.00. The molecule has 2 heterocycles. The molecule has 1 saturated carbocycles. The maximum Gasteiger partial charge on any atom is 0.0125 e. The Morgan fingerprint density at radius 1 is 0.800 bits per heavy atom. The van der Waals surface area contributed by atoms with Gasteiger partial charge in [-0.3, -0.25) is 0 Å². The van der Waals surface area contributed by atoms with Crippen molar-refractivity contribution in [3.8, 4) is 0 Å². The summed E-state index contributed by atoms with van der Waals surface area (Å²) in [7, 11) is 0. The highest BCUT2D eigenvalue weighted by atomic mass is 32.2. The van der Waals surface area contributed by atoms with Crippen LogP contribution in [0.3, 0.4) is 0 Å². The summed E-state index contributed by atoms with van der Waals surface area (Å²) in [5, 5.41) is 2.22. The van der Waals surface area contributed by atoms with Gasteiger partial charge in [-0.05, 0) is 36.2 Å². The Morgan fingerprint density at radius 3 is 1.80 bits per heavy atom. The number of hydrogen-bond acceptors (Lipinski definition) is 2. The summed E-state index contributed by atoms with van der Waals surface area (Å²) in [4.78, 5) is 0. The van der Waals surface area contributed by atoms with Crippen LogP contribution in [0.1, 0.15) is 12.8 Å². The van der Waals surface area contributed by atoms with Gasteiger partial charge in [0.25, 0.3) is 0 Å². The molecule has 1 aliphatic carbocycles. The lowest BCUT2D eigenvalue weighted by molar-refractivity contribution is 0.240. The zero-order valence-electron chi connectivity index (χ0n) is 5.95. The molecule has 0 nitrogen and oxygen atoms in total. The third-order valence-corrected chi connectivity index (χ3v) is 6.32. The first-order chi connectivity index (χ1) is 4.97. The number of rotatable bonds is 0. The van der Waals surface area contributed by atoms with Crippen molar-refractivity contribution in [1.82, 2.24) is 0 Å². The van der Waals surface area contributed by atoms with Crippen molar-refractivity contribution in [1.29, 1.82) is 0 Å². The molecule has 2 heteroatoms. The first-order valence-corrected chi connectivity index (χ1v) is 6.30. The fourth-order valence-corrected chi connectivity index (χ4v) is 6.47. The topological polar surface area (TPSA) is 0 Å². The van der Waals surface area contributed by atoms with Crippen molar-refractivity contribution < 1.29 is 0 Å². The minimum atomic E-state index is 1.11. The molecule has 0 N–H and O–H groups in total. The Balaban J connectivity index is 1.84. The summed E-state index contributed by atoms with van der Waals surface area (Å²) in [6.07, 6.45) is 3.06. The lowest BCUT2D eigenvalue weighted by atomic mass is 9.72. The van der Waals surface area contributed by atoms with Crippen molar-refractivity contribution in [2.45, 2.75) is 23.3 Å². The normalized spacial score (nSPS) is 57.6. The molecule has 2 saturated heterocycles. The van der Waals surface area contributed by atoms with E-state index in [9.17, 15) is 0 Å². The average Bonchev–Trinajstić information content (AvgIpc) is 2.42. The second kappa shape index (κ2) is 2.10. The van der Waals surface area contributed by atoms with Crippen LogP contribution in [0.15, 0.2) is 0 Å². The third-order valence-electron chi connectivity index (χ3n) is 3.21. The summed E-state index contributed by atoms with van der Waals surface area (Å²) in [5.41, 5.74) is 0. The van der Waals surface area contributed by atoms with Crippen molar-refractivity contribution in [3.05, 3.63) is 0 Å². The van der Waals surface area contributed by atoms with E-state index in [0.717, 1.165) is 22.3 Å². The van der Waals surface area contributed by atoms with Gasteiger partial charge >= 0.3 is 0 Å². The lowest BCUT2D eigenvalue weighted by Gasteiger charge is -2.43. The first-order valence-electron chi connectivity index (χ1n) is 4.20. The predicted molar refractivity (Wildman–Crippen MR) is 48.7 cm³/mol. The van der Waals surface area contributed by atoms with Gasteiger partial charge in [-0.1, -0.05) is 0 Å². The summed E-state index contributed by atoms with van der Waals surface area (Å²) in [6.45, 7) is 0. The van der Waals surface area contributed by atoms with E-state index in [1.54, 1.807) is 0 Å². The molecule has 0 aromatic carbocycles. The van der Waals surface area contributed by atoms with Crippen LogP contribution in [0.25, 0.3) is 0 Å². The molecule has 56 valence electrons. The Labute approximate surface area is 70.5 Å². The Morgan fingerprint density at radius 2 is 1.30 bits per heavy atom. The minimum absolute atomic E-state index is 1.11. The Hall–Kier alpha value is 0.700. The van der Waals surface area contributed by atoms with Gasteiger partial charge in [-0.2, -0.15) is 23.5 Å². The SMILES string of the molecule is C1CC2C(S1)C1CCSC21. The molecule has 10 heavy (non-hydrogen) atoms. The molecule has 0 bridgehead atoms. The predicted octanol–water partition coefficient (Wildman–Crippen LogP) is 2.24. The highest BCUT2D eigenvalue weighted by molar-refractivity contribution is 8.02. The Bertz CT molecular complexity index is 115. The zero-order valence-corrected chi connectivity index (χ0v) is 7.59. The number of hydrogen-bond donors (Lipinski definition) is 0. The summed E-state index contributed by atoms with van der Waals surface area (Å²) < 4.78 is 0. The van der Waals surface area contributed by atoms with Crippen LogP contribution < -0.4 is 0 Å². The molecule has 0 unspecified atom stereocenters. The fourth-order valence-electron chi connectivity index (χ4n) is 2.70. The van der Waals surface area contributed by atoms with Crippen LogP contribution in [0.5, 0.6) is 0 Å². The molecule has 0 aromatic heterocycles. The smallest absolute Gasteiger partial charge is 0.0125 e. The van der Waals surface area contributed by atoms with Crippen molar-refractivity contribution in [2.24, 2.45) is 11.8 Å². The van der Waals surface area contributed by atoms with Crippen molar-refractivity contribution in [3.63, 3.8) is 0 Å². The van der Waals surface area contributed by atoms with Gasteiger partial charge in [-0.25, -0.2) is 0 Å². The molecular formula is C8H12S2. The first kappa shape index (κ1) is 6.24. The van der Waals surface area contributed by atoms with Gasteiger partial charge in [0, 0.05) is 10.5 Å². The van der Waals surface area contributed by atoms with E-state index >= 15 is 0 Å². The van der Waals surface area contributed by atoms with Crippen LogP contribution in [0.2, 0.25) is 0 Å². The molecule has 3 rings (SSSR count). The standard InChI is InChI=1S/C8H12S2/c1-3-9-7-5(1)8-6(7)2-4-10-8/h5-8H,1-4H2. The van der Waals surface area contributed by atoms with Crippen LogP contribution in [0.4, 0.5) is 0 Å². The van der Waals surface area contributed by atoms with Gasteiger partial charge in [0.05, 0.1) is 0 Å². The second-order valence-electron chi connectivity index (χ2n) is 3.58. The highest BCUT2D eigenvalue weighted by Crippen LogP contribution is 2.59. The van der Waals surface area contributed by atoms with E-state index in [1.807, 2.05) is 0 Å². The largest absolute Gasteiger partial charge is 0.158 e. The highest BCUT2D eigenvalue weighted by Gasteiger charge is 2.54. The summed E-state index contributed by atoms with van der Waals surface area (Å²) in [6, 6.07) is 0. The van der Waals surface area contributed by atoms with Gasteiger partial charge in [0.2, 0.25) is 0 Å². The molecule has 0 aromatic rings. The minimum Gasteiger partial charge on any atom is -0.158 e. The quantitative estimate of drug-likeness (QED) is 0.549. The molecule has 0 radical (unpaired) electrons. The van der Waals surface area contributed by atoms with Crippen molar-refractivity contribution in [2.75, 3.05) is 11.5 Å². The molecular weight excluding hydrogens is 160 g/mol. The van der Waals surface area contributed by atoms with E-state index in [4.69, 9.17) is 0 Å². The molecule has 0 spiro atoms. The van der Waals surface area contributed by atoms with E-state index in [-0.39, 0.29) is 0 Å². The van der Waals surface area contributed by atoms with E-state index in [1.165, 1.54) is 24.3 Å². The molecule has 2 aliphatic heterocycles. The average molecular weight is 172 g/mol. The van der Waals surface area contributed by atoms with Gasteiger partial charge in [-0.15, -0.1) is 0 Å². The maximum absolute atomic E-state index is 2.26. The van der Waals surface area contributed by atoms with Gasteiger partial charge < -0.3 is 0 Å². The van der Waals surface area contributed by atoms with Crippen LogP contribution in [-0.4, -0.2) is 22.0 Å². The number of thioether (sulfide) groups is 2. The Kier molecular flexibility index (Phi) is 1.31. The van der Waals surface area contributed by atoms with Crippen molar-refractivity contribution >= 4 is 23.5 Å². The van der Waals surface area contributed by atoms with Crippen LogP contribution in [-0.2, 0) is 0 Å². The van der Waals surface area contributed by atoms with Gasteiger partial charge in [0.1, 0.15) is 0 Å². The van der Waals surface area contributed by atoms with E-state index in [0.29, 0.717) is 0 Å². The second-order valence-corrected chi connectivity index (χ2v) is 6.15. The van der Waals surface area contributed by atoms with Gasteiger partial charge in [0.15, 0.2) is 0 Å². The third kappa shape index (κ3) is 0.626. The summed E-state index contributed by atoms with van der Waals surface area (Å²) in [5.74, 6) is 5.20. The summed E-state index contributed by atoms with van der Waals surface area (Å²) >= 11 is 4.51. The lowest BCUT2D eigenvalue weighted by Crippen LogP contribution is -2.46. The molecule has 0 amide bonds. The molecule has 3 fully saturated rings.